The van der Waals surface area contributed by atoms with Crippen LogP contribution < -0.4 is 5.32 Å². The first kappa shape index (κ1) is 54.5. The van der Waals surface area contributed by atoms with Gasteiger partial charge in [-0.15, -0.1) is 0 Å². The fourth-order valence-electron chi connectivity index (χ4n) is 6.79. The van der Waals surface area contributed by atoms with Gasteiger partial charge in [-0.25, -0.2) is 9.36 Å². The number of phosphoric acid groups is 1. The van der Waals surface area contributed by atoms with Gasteiger partial charge in [-0.05, 0) is 12.8 Å². The maximum atomic E-state index is 12.3. The lowest BCUT2D eigenvalue weighted by Gasteiger charge is -2.18. The molecule has 0 radical (unpaired) electrons. The lowest BCUT2D eigenvalue weighted by Crippen LogP contribution is -2.43. The Morgan fingerprint density at radius 2 is 0.821 bits per heavy atom. The molecule has 0 aliphatic heterocycles. The zero-order valence-corrected chi connectivity index (χ0v) is 36.9. The van der Waals surface area contributed by atoms with Gasteiger partial charge in [0.25, 0.3) is 0 Å². The van der Waals surface area contributed by atoms with Gasteiger partial charge in [0.05, 0.1) is 13.2 Å². The van der Waals surface area contributed by atoms with Crippen molar-refractivity contribution < 1.29 is 47.8 Å². The molecule has 0 saturated carbocycles. The van der Waals surface area contributed by atoms with Gasteiger partial charge < -0.3 is 25.2 Å². The normalized spacial score (nSPS) is 13.6. The fourth-order valence-corrected chi connectivity index (χ4v) is 7.56. The summed E-state index contributed by atoms with van der Waals surface area (Å²) in [4.78, 5) is 45.9. The van der Waals surface area contributed by atoms with Crippen LogP contribution in [0.15, 0.2) is 0 Å². The van der Waals surface area contributed by atoms with E-state index in [1.165, 1.54) is 154 Å². The van der Waals surface area contributed by atoms with Crippen LogP contribution in [-0.4, -0.2) is 64.9 Å². The van der Waals surface area contributed by atoms with Crippen LogP contribution in [0.1, 0.15) is 232 Å². The maximum Gasteiger partial charge on any atom is 0.472 e. The number of carboxylic acid groups (broad SMARTS) is 1. The Labute approximate surface area is 342 Å². The molecule has 56 heavy (non-hydrogen) atoms. The van der Waals surface area contributed by atoms with E-state index < -0.39 is 57.6 Å². The highest BCUT2D eigenvalue weighted by Crippen LogP contribution is 2.43. The Morgan fingerprint density at radius 1 is 0.500 bits per heavy atom. The average Bonchev–Trinajstić information content (AvgIpc) is 3.17. The maximum absolute atomic E-state index is 12.3. The molecule has 3 unspecified atom stereocenters. The van der Waals surface area contributed by atoms with Crippen LogP contribution in [-0.2, 0) is 32.7 Å². The third-order valence-corrected chi connectivity index (χ3v) is 11.3. The number of phosphoric ester groups is 1. The summed E-state index contributed by atoms with van der Waals surface area (Å²) in [7, 11) is -4.75. The van der Waals surface area contributed by atoms with Gasteiger partial charge in [-0.3, -0.25) is 18.6 Å². The van der Waals surface area contributed by atoms with Crippen LogP contribution in [0.25, 0.3) is 0 Å². The number of ether oxygens (including phenoxy) is 1. The standard InChI is InChI=1S/C44H86NO10P/c1-3-5-7-9-11-13-15-17-18-19-20-21-22-24-26-28-30-32-34-36-43(48)53-37-40(46)38-54-56(51,52)55-39-41(44(49)50)45-42(47)35-33-31-29-27-25-23-16-14-12-10-8-6-4-2/h40-41,46H,3-39H2,1-2H3,(H,45,47)(H,49,50)(H,51,52). The number of amides is 1. The Balaban J connectivity index is 3.81. The van der Waals surface area contributed by atoms with Crippen LogP contribution in [0.3, 0.4) is 0 Å². The van der Waals surface area contributed by atoms with E-state index in [1.54, 1.807) is 0 Å². The molecule has 1 amide bonds. The number of carbonyl (C=O) groups excluding carboxylic acids is 2. The topological polar surface area (TPSA) is 169 Å². The minimum Gasteiger partial charge on any atom is -0.480 e. The van der Waals surface area contributed by atoms with Crippen LogP contribution in [0, 0.1) is 0 Å². The van der Waals surface area contributed by atoms with E-state index in [0.717, 1.165) is 38.5 Å². The Bertz CT molecular complexity index is 968. The summed E-state index contributed by atoms with van der Waals surface area (Å²) in [6.07, 6.45) is 38.4. The minimum atomic E-state index is -4.75. The van der Waals surface area contributed by atoms with E-state index in [2.05, 4.69) is 19.2 Å². The second-order valence-corrected chi connectivity index (χ2v) is 17.4. The molecule has 3 atom stereocenters. The van der Waals surface area contributed by atoms with Crippen molar-refractivity contribution >= 4 is 25.7 Å². The van der Waals surface area contributed by atoms with E-state index in [1.807, 2.05) is 0 Å². The van der Waals surface area contributed by atoms with Gasteiger partial charge in [0, 0.05) is 12.8 Å². The summed E-state index contributed by atoms with van der Waals surface area (Å²) in [5, 5.41) is 21.8. The molecule has 0 bridgehead atoms. The number of aliphatic hydroxyl groups excluding tert-OH is 1. The van der Waals surface area contributed by atoms with Crippen molar-refractivity contribution in [1.82, 2.24) is 5.32 Å². The van der Waals surface area contributed by atoms with E-state index in [0.29, 0.717) is 12.8 Å². The molecule has 4 N–H and O–H groups in total. The van der Waals surface area contributed by atoms with Gasteiger partial charge in [0.1, 0.15) is 12.7 Å². The molecule has 0 heterocycles. The van der Waals surface area contributed by atoms with Gasteiger partial charge in [-0.1, -0.05) is 206 Å². The molecule has 0 aromatic rings. The molecule has 0 aliphatic rings. The zero-order valence-electron chi connectivity index (χ0n) is 36.0. The smallest absolute Gasteiger partial charge is 0.472 e. The number of carbonyl (C=O) groups is 3. The first-order chi connectivity index (χ1) is 27.1. The van der Waals surface area contributed by atoms with E-state index in [4.69, 9.17) is 13.8 Å². The lowest BCUT2D eigenvalue weighted by molar-refractivity contribution is -0.147. The Morgan fingerprint density at radius 3 is 1.18 bits per heavy atom. The number of hydrogen-bond donors (Lipinski definition) is 4. The van der Waals surface area contributed by atoms with Gasteiger partial charge in [-0.2, -0.15) is 0 Å². The summed E-state index contributed by atoms with van der Waals surface area (Å²) in [5.74, 6) is -2.35. The number of rotatable bonds is 44. The van der Waals surface area contributed by atoms with Crippen molar-refractivity contribution in [3.63, 3.8) is 0 Å². The predicted molar refractivity (Wildman–Crippen MR) is 227 cm³/mol. The molecule has 0 spiro atoms. The Kier molecular flexibility index (Phi) is 39.2. The largest absolute Gasteiger partial charge is 0.480 e. The molecule has 0 fully saturated rings. The molecule has 0 aliphatic carbocycles. The second-order valence-electron chi connectivity index (χ2n) is 16.0. The van der Waals surface area contributed by atoms with Crippen molar-refractivity contribution in [3.05, 3.63) is 0 Å². The van der Waals surface area contributed by atoms with Crippen molar-refractivity contribution in [2.24, 2.45) is 0 Å². The summed E-state index contributed by atoms with van der Waals surface area (Å²) in [5.41, 5.74) is 0. The molecule has 0 saturated heterocycles. The summed E-state index contributed by atoms with van der Waals surface area (Å²) in [6, 6.07) is -1.54. The number of aliphatic hydroxyl groups is 1. The number of aliphatic carboxylic acids is 1. The van der Waals surface area contributed by atoms with E-state index in [9.17, 15) is 34.1 Å². The zero-order chi connectivity index (χ0) is 41.4. The molecule has 12 heteroatoms. The number of unbranched alkanes of at least 4 members (excludes halogenated alkanes) is 30. The van der Waals surface area contributed by atoms with Crippen LogP contribution in [0.4, 0.5) is 0 Å². The SMILES string of the molecule is CCCCCCCCCCCCCCCCCCCCCC(=O)OCC(O)COP(=O)(O)OCC(NC(=O)CCCCCCCCCCCCCCC)C(=O)O. The van der Waals surface area contributed by atoms with Crippen LogP contribution >= 0.6 is 7.82 Å². The third kappa shape index (κ3) is 39.3. The first-order valence-electron chi connectivity index (χ1n) is 23.1. The van der Waals surface area contributed by atoms with E-state index in [-0.39, 0.29) is 12.8 Å². The molecule has 0 rings (SSSR count). The summed E-state index contributed by atoms with van der Waals surface area (Å²) in [6.45, 7) is 2.62. The highest BCUT2D eigenvalue weighted by atomic mass is 31.2. The number of hydrogen-bond acceptors (Lipinski definition) is 8. The average molecular weight is 820 g/mol. The van der Waals surface area contributed by atoms with Crippen LogP contribution in [0.5, 0.6) is 0 Å². The molecule has 0 aromatic carbocycles. The second kappa shape index (κ2) is 40.3. The summed E-state index contributed by atoms with van der Waals surface area (Å²) >= 11 is 0. The molecular formula is C44H86NO10P. The third-order valence-electron chi connectivity index (χ3n) is 10.4. The van der Waals surface area contributed by atoms with Crippen molar-refractivity contribution in [1.29, 1.82) is 0 Å². The van der Waals surface area contributed by atoms with Crippen LogP contribution in [0.2, 0.25) is 0 Å². The van der Waals surface area contributed by atoms with E-state index >= 15 is 0 Å². The fraction of sp³-hybridized carbons (Fsp3) is 0.932. The van der Waals surface area contributed by atoms with Gasteiger partial charge >= 0.3 is 19.8 Å². The monoisotopic (exact) mass is 820 g/mol. The number of nitrogens with one attached hydrogen (secondary N) is 1. The predicted octanol–water partition coefficient (Wildman–Crippen LogP) is 11.9. The van der Waals surface area contributed by atoms with Crippen molar-refractivity contribution in [2.75, 3.05) is 19.8 Å². The minimum absolute atomic E-state index is 0.152. The van der Waals surface area contributed by atoms with Gasteiger partial charge in [0.2, 0.25) is 5.91 Å². The number of esters is 1. The number of carboxylic acids is 1. The molecule has 11 nitrogen and oxygen atoms in total. The Hall–Kier alpha value is -1.52. The first-order valence-corrected chi connectivity index (χ1v) is 24.6. The molecule has 0 aromatic heterocycles. The highest BCUT2D eigenvalue weighted by molar-refractivity contribution is 7.47. The molecular weight excluding hydrogens is 733 g/mol. The lowest BCUT2D eigenvalue weighted by atomic mass is 10.0. The van der Waals surface area contributed by atoms with Gasteiger partial charge in [0.15, 0.2) is 6.04 Å². The highest BCUT2D eigenvalue weighted by Gasteiger charge is 2.28. The quantitative estimate of drug-likeness (QED) is 0.0264. The summed E-state index contributed by atoms with van der Waals surface area (Å²) < 4.78 is 26.9. The van der Waals surface area contributed by atoms with Crippen molar-refractivity contribution in [2.45, 2.75) is 244 Å². The van der Waals surface area contributed by atoms with Crippen molar-refractivity contribution in [3.8, 4) is 0 Å². The molecule has 332 valence electrons.